The van der Waals surface area contributed by atoms with Crippen LogP contribution in [0.3, 0.4) is 0 Å². The zero-order valence-corrected chi connectivity index (χ0v) is 20.5. The lowest BCUT2D eigenvalue weighted by atomic mass is 9.99. The topological polar surface area (TPSA) is 26.3 Å². The van der Waals surface area contributed by atoms with Crippen molar-refractivity contribution in [2.75, 3.05) is 0 Å². The summed E-state index contributed by atoms with van der Waals surface area (Å²) in [5, 5.41) is 0. The number of hydrogen-bond acceptors (Lipinski definition) is 2. The van der Waals surface area contributed by atoms with Crippen molar-refractivity contribution in [1.29, 1.82) is 0 Å². The molecule has 2 heteroatoms. The van der Waals surface area contributed by atoms with Crippen LogP contribution in [0.2, 0.25) is 0 Å². The Labute approximate surface area is 187 Å². The van der Waals surface area contributed by atoms with E-state index >= 15 is 0 Å². The van der Waals surface area contributed by atoms with E-state index in [4.69, 9.17) is 4.74 Å². The molecule has 0 amide bonds. The predicted molar refractivity (Wildman–Crippen MR) is 130 cm³/mol. The molecular weight excluding hydrogens is 368 g/mol. The first-order chi connectivity index (χ1) is 14.6. The highest BCUT2D eigenvalue weighted by Gasteiger charge is 2.07. The minimum absolute atomic E-state index is 0.0534. The molecule has 1 rings (SSSR count). The molecule has 0 aliphatic heterocycles. The number of esters is 1. The number of benzene rings is 1. The van der Waals surface area contributed by atoms with Crippen molar-refractivity contribution in [3.63, 3.8) is 0 Å². The maximum atomic E-state index is 12.0. The van der Waals surface area contributed by atoms with Crippen molar-refractivity contribution in [2.24, 2.45) is 0 Å². The van der Waals surface area contributed by atoms with Gasteiger partial charge in [0.15, 0.2) is 0 Å². The molecule has 0 aliphatic rings. The largest absolute Gasteiger partial charge is 0.461 e. The Morgan fingerprint density at radius 2 is 1.13 bits per heavy atom. The van der Waals surface area contributed by atoms with Gasteiger partial charge < -0.3 is 4.74 Å². The molecule has 0 aliphatic carbocycles. The summed E-state index contributed by atoms with van der Waals surface area (Å²) in [7, 11) is 0. The highest BCUT2D eigenvalue weighted by Crippen LogP contribution is 2.18. The highest BCUT2D eigenvalue weighted by atomic mass is 16.5. The number of hydrogen-bond donors (Lipinski definition) is 0. The molecule has 30 heavy (non-hydrogen) atoms. The molecule has 172 valence electrons. The number of rotatable bonds is 18. The van der Waals surface area contributed by atoms with Crippen LogP contribution in [-0.2, 0) is 16.1 Å². The second-order valence-corrected chi connectivity index (χ2v) is 9.15. The average molecular weight is 417 g/mol. The lowest BCUT2D eigenvalue weighted by Gasteiger charge is -2.11. The third-order valence-electron chi connectivity index (χ3n) is 6.54. The Morgan fingerprint density at radius 3 is 1.63 bits per heavy atom. The van der Waals surface area contributed by atoms with Crippen LogP contribution >= 0.6 is 0 Å². The summed E-state index contributed by atoms with van der Waals surface area (Å²) in [6.45, 7) is 9.05. The van der Waals surface area contributed by atoms with Gasteiger partial charge in [0.2, 0.25) is 0 Å². The van der Waals surface area contributed by atoms with E-state index < -0.39 is 0 Å². The van der Waals surface area contributed by atoms with Crippen LogP contribution in [-0.4, -0.2) is 5.97 Å². The van der Waals surface area contributed by atoms with Crippen molar-refractivity contribution >= 4 is 5.97 Å². The fraction of sp³-hybridized carbons (Fsp3) is 0.750. The summed E-state index contributed by atoms with van der Waals surface area (Å²) in [6, 6.07) is 4.19. The van der Waals surface area contributed by atoms with Crippen LogP contribution < -0.4 is 0 Å². The zero-order valence-electron chi connectivity index (χ0n) is 20.5. The van der Waals surface area contributed by atoms with Gasteiger partial charge in [-0.1, -0.05) is 109 Å². The van der Waals surface area contributed by atoms with Gasteiger partial charge in [0.1, 0.15) is 6.61 Å². The molecule has 1 aromatic rings. The van der Waals surface area contributed by atoms with Crippen LogP contribution in [0.4, 0.5) is 0 Å². The highest BCUT2D eigenvalue weighted by molar-refractivity contribution is 5.69. The number of carbonyl (C=O) groups excluding carboxylic acids is 1. The van der Waals surface area contributed by atoms with Gasteiger partial charge in [-0.05, 0) is 49.4 Å². The van der Waals surface area contributed by atoms with Crippen molar-refractivity contribution in [3.05, 3.63) is 34.4 Å². The fourth-order valence-corrected chi connectivity index (χ4v) is 4.04. The van der Waals surface area contributed by atoms with Crippen molar-refractivity contribution in [2.45, 2.75) is 137 Å². The molecule has 0 aromatic heterocycles. The third kappa shape index (κ3) is 12.4. The maximum absolute atomic E-state index is 12.0. The molecule has 0 N–H and O–H groups in total. The normalized spacial score (nSPS) is 11.1. The third-order valence-corrected chi connectivity index (χ3v) is 6.54. The summed E-state index contributed by atoms with van der Waals surface area (Å²) in [5.74, 6) is -0.0534. The first-order valence-corrected chi connectivity index (χ1v) is 12.8. The molecule has 2 nitrogen and oxygen atoms in total. The number of aryl methyl sites for hydroxylation is 1. The zero-order chi connectivity index (χ0) is 22.0. The quantitative estimate of drug-likeness (QED) is 0.176. The molecule has 0 bridgehead atoms. The summed E-state index contributed by atoms with van der Waals surface area (Å²) in [6.07, 6.45) is 20.7. The molecule has 0 unspecified atom stereocenters. The Balaban J connectivity index is 1.90. The Kier molecular flexibility index (Phi) is 15.5. The van der Waals surface area contributed by atoms with E-state index in [2.05, 4.69) is 39.8 Å². The van der Waals surface area contributed by atoms with Gasteiger partial charge in [-0.3, -0.25) is 4.79 Å². The first-order valence-electron chi connectivity index (χ1n) is 12.8. The molecule has 0 heterocycles. The van der Waals surface area contributed by atoms with Gasteiger partial charge in [0, 0.05) is 6.42 Å². The van der Waals surface area contributed by atoms with Crippen molar-refractivity contribution in [3.8, 4) is 0 Å². The predicted octanol–water partition coefficient (Wildman–Crippen LogP) is 8.92. The van der Waals surface area contributed by atoms with Gasteiger partial charge in [-0.15, -0.1) is 0 Å². The molecule has 0 atom stereocenters. The lowest BCUT2D eigenvalue weighted by Crippen LogP contribution is -2.06. The smallest absolute Gasteiger partial charge is 0.306 e. The van der Waals surface area contributed by atoms with Crippen LogP contribution in [0.15, 0.2) is 12.1 Å². The van der Waals surface area contributed by atoms with Gasteiger partial charge in [-0.25, -0.2) is 0 Å². The van der Waals surface area contributed by atoms with E-state index in [1.54, 1.807) is 0 Å². The Bertz CT molecular complexity index is 576. The monoisotopic (exact) mass is 416 g/mol. The summed E-state index contributed by atoms with van der Waals surface area (Å²) in [4.78, 5) is 12.0. The second kappa shape index (κ2) is 17.4. The van der Waals surface area contributed by atoms with Crippen LogP contribution in [0, 0.1) is 20.8 Å². The lowest BCUT2D eigenvalue weighted by molar-refractivity contribution is -0.145. The van der Waals surface area contributed by atoms with E-state index in [1.807, 2.05) is 0 Å². The number of unbranched alkanes of at least 4 members (excludes halogenated alkanes) is 14. The fourth-order valence-electron chi connectivity index (χ4n) is 4.04. The van der Waals surface area contributed by atoms with Crippen LogP contribution in [0.25, 0.3) is 0 Å². The summed E-state index contributed by atoms with van der Waals surface area (Å²) in [5.41, 5.74) is 4.96. The maximum Gasteiger partial charge on any atom is 0.306 e. The van der Waals surface area contributed by atoms with Gasteiger partial charge in [0.25, 0.3) is 0 Å². The molecule has 1 aromatic carbocycles. The number of carbonyl (C=O) groups is 1. The molecule has 0 radical (unpaired) electrons. The Hall–Kier alpha value is -1.31. The SMILES string of the molecule is CCCCCCCCCCCCCCCCCC(=O)OCc1ccc(C)c(C)c1C. The summed E-state index contributed by atoms with van der Waals surface area (Å²) >= 11 is 0. The van der Waals surface area contributed by atoms with Crippen molar-refractivity contribution < 1.29 is 9.53 Å². The molecule has 0 spiro atoms. The summed E-state index contributed by atoms with van der Waals surface area (Å²) < 4.78 is 5.48. The minimum Gasteiger partial charge on any atom is -0.461 e. The molecular formula is C28H48O2. The van der Waals surface area contributed by atoms with E-state index in [0.717, 1.165) is 18.4 Å². The molecule has 0 fully saturated rings. The molecule has 0 saturated heterocycles. The second-order valence-electron chi connectivity index (χ2n) is 9.15. The van der Waals surface area contributed by atoms with E-state index in [0.29, 0.717) is 13.0 Å². The minimum atomic E-state index is -0.0534. The van der Waals surface area contributed by atoms with Gasteiger partial charge in [0.05, 0.1) is 0 Å². The van der Waals surface area contributed by atoms with E-state index in [-0.39, 0.29) is 5.97 Å². The standard InChI is InChI=1S/C28H48O2/c1-5-6-7-8-9-10-11-12-13-14-15-16-17-18-19-20-28(29)30-23-27-22-21-24(2)25(3)26(27)4/h21-22H,5-20,23H2,1-4H3. The van der Waals surface area contributed by atoms with Crippen LogP contribution in [0.1, 0.15) is 132 Å². The van der Waals surface area contributed by atoms with Gasteiger partial charge in [-0.2, -0.15) is 0 Å². The van der Waals surface area contributed by atoms with Crippen LogP contribution in [0.5, 0.6) is 0 Å². The molecule has 0 saturated carbocycles. The Morgan fingerprint density at radius 1 is 0.667 bits per heavy atom. The van der Waals surface area contributed by atoms with Gasteiger partial charge >= 0.3 is 5.97 Å². The van der Waals surface area contributed by atoms with E-state index in [1.165, 1.54) is 100 Å². The van der Waals surface area contributed by atoms with Crippen molar-refractivity contribution in [1.82, 2.24) is 0 Å². The van der Waals surface area contributed by atoms with E-state index in [9.17, 15) is 4.79 Å². The number of ether oxygens (including phenoxy) is 1. The average Bonchev–Trinajstić information content (AvgIpc) is 2.74. The first kappa shape index (κ1) is 26.7.